The predicted octanol–water partition coefficient (Wildman–Crippen LogP) is 2.41. The average molecular weight is 328 g/mol. The number of ether oxygens (including phenoxy) is 2. The van der Waals surface area contributed by atoms with Crippen molar-refractivity contribution in [1.82, 2.24) is 19.9 Å². The molecule has 0 saturated carbocycles. The van der Waals surface area contributed by atoms with Crippen LogP contribution in [0.25, 0.3) is 11.4 Å². The van der Waals surface area contributed by atoms with Gasteiger partial charge in [-0.1, -0.05) is 0 Å². The molecule has 1 fully saturated rings. The number of hydrogen-bond acceptors (Lipinski definition) is 5. The number of hydrogen-bond donors (Lipinski definition) is 1. The maximum Gasteiger partial charge on any atom is 0.212 e. The third-order valence-corrected chi connectivity index (χ3v) is 4.87. The van der Waals surface area contributed by atoms with E-state index in [1.807, 2.05) is 12.1 Å². The van der Waals surface area contributed by atoms with Crippen LogP contribution in [-0.2, 0) is 17.7 Å². The molecule has 128 valence electrons. The second-order valence-corrected chi connectivity index (χ2v) is 6.57. The van der Waals surface area contributed by atoms with Gasteiger partial charge in [-0.3, -0.25) is 4.90 Å². The lowest BCUT2D eigenvalue weighted by molar-refractivity contribution is -0.00826. The Bertz CT molecular complexity index is 677. The largest absolute Gasteiger partial charge is 0.481 e. The maximum atomic E-state index is 5.88. The fourth-order valence-corrected chi connectivity index (χ4v) is 3.52. The minimum atomic E-state index is 0.397. The van der Waals surface area contributed by atoms with Gasteiger partial charge in [0, 0.05) is 50.5 Å². The van der Waals surface area contributed by atoms with Crippen molar-refractivity contribution < 1.29 is 9.47 Å². The summed E-state index contributed by atoms with van der Waals surface area (Å²) in [5.74, 6) is 1.51. The van der Waals surface area contributed by atoms with E-state index in [9.17, 15) is 0 Å². The van der Waals surface area contributed by atoms with E-state index in [0.717, 1.165) is 44.0 Å². The van der Waals surface area contributed by atoms with Crippen LogP contribution >= 0.6 is 0 Å². The first-order valence-corrected chi connectivity index (χ1v) is 8.74. The number of H-pyrrole nitrogens is 1. The maximum absolute atomic E-state index is 5.88. The average Bonchev–Trinajstić information content (AvgIpc) is 3.06. The van der Waals surface area contributed by atoms with Crippen LogP contribution in [0.4, 0.5) is 0 Å². The molecule has 4 rings (SSSR count). The number of nitrogens with one attached hydrogen (secondary N) is 1. The molecule has 0 radical (unpaired) electrons. The first-order valence-electron chi connectivity index (χ1n) is 8.74. The zero-order valence-electron chi connectivity index (χ0n) is 14.1. The molecule has 24 heavy (non-hydrogen) atoms. The number of methoxy groups -OCH3 is 1. The Labute approximate surface area is 142 Å². The molecule has 2 aromatic heterocycles. The van der Waals surface area contributed by atoms with Gasteiger partial charge in [-0.05, 0) is 25.3 Å². The second-order valence-electron chi connectivity index (χ2n) is 6.57. The Balaban J connectivity index is 1.45. The van der Waals surface area contributed by atoms with E-state index < -0.39 is 0 Å². The summed E-state index contributed by atoms with van der Waals surface area (Å²) in [5.41, 5.74) is 3.40. The molecular weight excluding hydrogens is 304 g/mol. The van der Waals surface area contributed by atoms with Crippen molar-refractivity contribution in [2.45, 2.75) is 38.3 Å². The summed E-state index contributed by atoms with van der Waals surface area (Å²) >= 11 is 0. The molecule has 0 aromatic carbocycles. The Morgan fingerprint density at radius 3 is 3.08 bits per heavy atom. The third kappa shape index (κ3) is 3.30. The number of imidazole rings is 1. The van der Waals surface area contributed by atoms with E-state index in [1.54, 1.807) is 13.3 Å². The summed E-state index contributed by atoms with van der Waals surface area (Å²) in [6.45, 7) is 3.92. The lowest BCUT2D eigenvalue weighted by Crippen LogP contribution is -2.38. The number of pyridine rings is 1. The van der Waals surface area contributed by atoms with Crippen molar-refractivity contribution in [3.63, 3.8) is 0 Å². The molecule has 1 atom stereocenters. The van der Waals surface area contributed by atoms with Crippen LogP contribution in [0.1, 0.15) is 30.7 Å². The molecule has 2 aliphatic rings. The van der Waals surface area contributed by atoms with Crippen molar-refractivity contribution in [3.8, 4) is 17.3 Å². The van der Waals surface area contributed by atoms with E-state index in [4.69, 9.17) is 14.5 Å². The van der Waals surface area contributed by atoms with Gasteiger partial charge in [-0.15, -0.1) is 0 Å². The molecule has 0 unspecified atom stereocenters. The van der Waals surface area contributed by atoms with Crippen molar-refractivity contribution in [2.75, 3.05) is 26.8 Å². The number of fused-ring (bicyclic) bond motifs is 1. The molecular formula is C18H24N4O2. The lowest BCUT2D eigenvalue weighted by atomic mass is 10.1. The van der Waals surface area contributed by atoms with Gasteiger partial charge in [0.2, 0.25) is 5.88 Å². The Morgan fingerprint density at radius 2 is 2.33 bits per heavy atom. The summed E-state index contributed by atoms with van der Waals surface area (Å²) in [7, 11) is 1.62. The molecule has 6 heteroatoms. The first-order chi connectivity index (χ1) is 11.8. The van der Waals surface area contributed by atoms with Crippen molar-refractivity contribution in [2.24, 2.45) is 0 Å². The molecule has 4 heterocycles. The molecule has 2 aliphatic heterocycles. The molecule has 0 bridgehead atoms. The highest BCUT2D eigenvalue weighted by Gasteiger charge is 2.24. The smallest absolute Gasteiger partial charge is 0.212 e. The van der Waals surface area contributed by atoms with Crippen LogP contribution in [-0.4, -0.2) is 52.8 Å². The van der Waals surface area contributed by atoms with Gasteiger partial charge >= 0.3 is 0 Å². The predicted molar refractivity (Wildman–Crippen MR) is 90.9 cm³/mol. The SMILES string of the molecule is COc1ccc(-c2nc3c([nH]2)CN(C[C@@H]2CCCCO2)CC3)cn1. The molecule has 2 aromatic rings. The van der Waals surface area contributed by atoms with Crippen LogP contribution < -0.4 is 4.74 Å². The van der Waals surface area contributed by atoms with Crippen LogP contribution in [0.5, 0.6) is 5.88 Å². The normalized spacial score (nSPS) is 21.5. The number of aromatic nitrogens is 3. The summed E-state index contributed by atoms with van der Waals surface area (Å²) in [6, 6.07) is 3.85. The summed E-state index contributed by atoms with van der Waals surface area (Å²) in [4.78, 5) is 15.0. The summed E-state index contributed by atoms with van der Waals surface area (Å²) in [5, 5.41) is 0. The topological polar surface area (TPSA) is 63.3 Å². The minimum absolute atomic E-state index is 0.397. The molecule has 0 amide bonds. The fourth-order valence-electron chi connectivity index (χ4n) is 3.52. The van der Waals surface area contributed by atoms with Gasteiger partial charge in [-0.25, -0.2) is 9.97 Å². The van der Waals surface area contributed by atoms with E-state index in [1.165, 1.54) is 30.7 Å². The Morgan fingerprint density at radius 1 is 1.38 bits per heavy atom. The Hall–Kier alpha value is -1.92. The highest BCUT2D eigenvalue weighted by molar-refractivity contribution is 5.55. The zero-order valence-corrected chi connectivity index (χ0v) is 14.1. The number of rotatable bonds is 4. The number of nitrogens with zero attached hydrogens (tertiary/aromatic N) is 3. The molecule has 1 saturated heterocycles. The fraction of sp³-hybridized carbons (Fsp3) is 0.556. The van der Waals surface area contributed by atoms with Gasteiger partial charge in [0.15, 0.2) is 0 Å². The van der Waals surface area contributed by atoms with E-state index in [-0.39, 0.29) is 0 Å². The highest BCUT2D eigenvalue weighted by Crippen LogP contribution is 2.24. The van der Waals surface area contributed by atoms with Crippen molar-refractivity contribution >= 4 is 0 Å². The van der Waals surface area contributed by atoms with E-state index in [2.05, 4.69) is 14.9 Å². The third-order valence-electron chi connectivity index (χ3n) is 4.87. The van der Waals surface area contributed by atoms with Gasteiger partial charge in [0.05, 0.1) is 24.6 Å². The van der Waals surface area contributed by atoms with Crippen LogP contribution in [0, 0.1) is 0 Å². The summed E-state index contributed by atoms with van der Waals surface area (Å²) < 4.78 is 11.0. The van der Waals surface area contributed by atoms with E-state index >= 15 is 0 Å². The van der Waals surface area contributed by atoms with Crippen LogP contribution in [0.2, 0.25) is 0 Å². The van der Waals surface area contributed by atoms with Crippen LogP contribution in [0.15, 0.2) is 18.3 Å². The molecule has 0 aliphatic carbocycles. The number of aromatic amines is 1. The molecule has 1 N–H and O–H groups in total. The molecule has 0 spiro atoms. The minimum Gasteiger partial charge on any atom is -0.481 e. The quantitative estimate of drug-likeness (QED) is 0.934. The monoisotopic (exact) mass is 328 g/mol. The lowest BCUT2D eigenvalue weighted by Gasteiger charge is -2.31. The molecule has 6 nitrogen and oxygen atoms in total. The Kier molecular flexibility index (Phi) is 4.49. The van der Waals surface area contributed by atoms with Gasteiger partial charge in [-0.2, -0.15) is 0 Å². The first kappa shape index (κ1) is 15.6. The van der Waals surface area contributed by atoms with Gasteiger partial charge in [0.25, 0.3) is 0 Å². The van der Waals surface area contributed by atoms with Gasteiger partial charge in [0.1, 0.15) is 5.82 Å². The van der Waals surface area contributed by atoms with E-state index in [0.29, 0.717) is 12.0 Å². The zero-order chi connectivity index (χ0) is 16.4. The summed E-state index contributed by atoms with van der Waals surface area (Å²) in [6.07, 6.45) is 6.88. The van der Waals surface area contributed by atoms with Gasteiger partial charge < -0.3 is 14.5 Å². The van der Waals surface area contributed by atoms with Crippen LogP contribution in [0.3, 0.4) is 0 Å². The van der Waals surface area contributed by atoms with Crippen molar-refractivity contribution in [3.05, 3.63) is 29.7 Å². The highest BCUT2D eigenvalue weighted by atomic mass is 16.5. The standard InChI is InChI=1S/C18H24N4O2/c1-23-17-6-5-13(10-19-17)18-20-15-7-8-22(12-16(15)21-18)11-14-4-2-3-9-24-14/h5-6,10,14H,2-4,7-9,11-12H2,1H3,(H,20,21)/t14-/m0/s1. The second kappa shape index (κ2) is 6.91. The van der Waals surface area contributed by atoms with Crippen molar-refractivity contribution in [1.29, 1.82) is 0 Å².